The Morgan fingerprint density at radius 3 is 2.68 bits per heavy atom. The van der Waals surface area contributed by atoms with Crippen LogP contribution in [0.4, 0.5) is 0 Å². The Kier molecular flexibility index (Phi) is 14.6. The van der Waals surface area contributed by atoms with Crippen LogP contribution in [-0.4, -0.2) is 85.3 Å². The van der Waals surface area contributed by atoms with E-state index in [1.54, 1.807) is 18.2 Å². The van der Waals surface area contributed by atoms with E-state index in [0.717, 1.165) is 51.6 Å². The first-order valence-corrected chi connectivity index (χ1v) is 12.4. The van der Waals surface area contributed by atoms with Crippen LogP contribution in [0.5, 0.6) is 0 Å². The van der Waals surface area contributed by atoms with E-state index in [4.69, 9.17) is 10.6 Å². The third kappa shape index (κ3) is 10.9. The molecule has 1 saturated carbocycles. The molecule has 1 aliphatic heterocycles. The van der Waals surface area contributed by atoms with Gasteiger partial charge in [0.15, 0.2) is 0 Å². The normalized spacial score (nSPS) is 18.8. The summed E-state index contributed by atoms with van der Waals surface area (Å²) in [6.07, 6.45) is 7.78. The molecular weight excluding hydrogens is 460 g/mol. The number of hydrazone groups is 1. The third-order valence-electron chi connectivity index (χ3n) is 6.11. The fraction of sp³-hybridized carbons (Fsp3) is 0.826. The van der Waals surface area contributed by atoms with Crippen LogP contribution in [0.15, 0.2) is 5.10 Å². The minimum absolute atomic E-state index is 0. The number of halogens is 1. The number of hydrogen-bond acceptors (Lipinski definition) is 7. The van der Waals surface area contributed by atoms with Crippen molar-refractivity contribution in [3.05, 3.63) is 0 Å². The zero-order valence-corrected chi connectivity index (χ0v) is 21.5. The van der Waals surface area contributed by atoms with Crippen molar-refractivity contribution in [3.63, 3.8) is 0 Å². The molecule has 0 aromatic heterocycles. The molecule has 2 atom stereocenters. The third-order valence-corrected chi connectivity index (χ3v) is 6.11. The van der Waals surface area contributed by atoms with Crippen LogP contribution in [-0.2, 0) is 19.1 Å². The molecule has 34 heavy (non-hydrogen) atoms. The maximum absolute atomic E-state index is 13.3. The zero-order valence-electron chi connectivity index (χ0n) is 20.7. The first kappa shape index (κ1) is 30.0. The van der Waals surface area contributed by atoms with Gasteiger partial charge in [-0.15, -0.1) is 12.4 Å². The van der Waals surface area contributed by atoms with Crippen LogP contribution in [0.25, 0.3) is 0 Å². The minimum atomic E-state index is -0.591. The molecule has 11 heteroatoms. The SMILES string of the molecule is CCCCN[C@@H](CC(=O)NC[C@@H]1CCCN(C=NN)C1)C(=O)N(CCC(=O)OCC)C1CC1.Cl. The lowest BCUT2D eigenvalue weighted by atomic mass is 9.98. The molecule has 1 aliphatic carbocycles. The van der Waals surface area contributed by atoms with Crippen molar-refractivity contribution in [2.24, 2.45) is 16.9 Å². The highest BCUT2D eigenvalue weighted by Gasteiger charge is 2.36. The molecule has 2 fully saturated rings. The quantitative estimate of drug-likeness (QED) is 0.0766. The van der Waals surface area contributed by atoms with Crippen LogP contribution in [0.2, 0.25) is 0 Å². The number of carbonyl (C=O) groups excluding carboxylic acids is 3. The average molecular weight is 503 g/mol. The van der Waals surface area contributed by atoms with E-state index in [1.165, 1.54) is 0 Å². The van der Waals surface area contributed by atoms with Crippen molar-refractivity contribution >= 4 is 36.5 Å². The van der Waals surface area contributed by atoms with Gasteiger partial charge < -0.3 is 31.0 Å². The van der Waals surface area contributed by atoms with Crippen molar-refractivity contribution in [2.45, 2.75) is 77.3 Å². The number of carbonyl (C=O) groups is 3. The van der Waals surface area contributed by atoms with Gasteiger partial charge in [-0.2, -0.15) is 5.10 Å². The van der Waals surface area contributed by atoms with Crippen molar-refractivity contribution in [1.82, 2.24) is 20.4 Å². The van der Waals surface area contributed by atoms with Gasteiger partial charge in [0.05, 0.1) is 25.5 Å². The van der Waals surface area contributed by atoms with Crippen LogP contribution in [0.3, 0.4) is 0 Å². The Bertz CT molecular complexity index is 661. The zero-order chi connectivity index (χ0) is 24.1. The topological polar surface area (TPSA) is 129 Å². The molecule has 0 radical (unpaired) electrons. The molecule has 2 amide bonds. The number of hydrogen-bond donors (Lipinski definition) is 3. The number of esters is 1. The Hall–Kier alpha value is -2.07. The number of nitrogens with zero attached hydrogens (tertiary/aromatic N) is 3. The lowest BCUT2D eigenvalue weighted by Gasteiger charge is -2.31. The highest BCUT2D eigenvalue weighted by atomic mass is 35.5. The Balaban J connectivity index is 0.00000578. The van der Waals surface area contributed by atoms with E-state index in [9.17, 15) is 14.4 Å². The summed E-state index contributed by atoms with van der Waals surface area (Å²) in [5.74, 6) is 5.04. The fourth-order valence-corrected chi connectivity index (χ4v) is 4.18. The average Bonchev–Trinajstić information content (AvgIpc) is 3.63. The number of likely N-dealkylation sites (tertiary alicyclic amines) is 1. The van der Waals surface area contributed by atoms with E-state index >= 15 is 0 Å². The van der Waals surface area contributed by atoms with Gasteiger partial charge in [-0.05, 0) is 51.5 Å². The second-order valence-electron chi connectivity index (χ2n) is 8.95. The first-order chi connectivity index (χ1) is 16.0. The van der Waals surface area contributed by atoms with Gasteiger partial charge in [0.2, 0.25) is 11.8 Å². The van der Waals surface area contributed by atoms with Gasteiger partial charge in [-0.25, -0.2) is 0 Å². The summed E-state index contributed by atoms with van der Waals surface area (Å²) in [7, 11) is 0. The number of amides is 2. The molecule has 0 bridgehead atoms. The number of piperidine rings is 1. The highest BCUT2D eigenvalue weighted by Crippen LogP contribution is 2.28. The Morgan fingerprint density at radius 1 is 1.26 bits per heavy atom. The van der Waals surface area contributed by atoms with Gasteiger partial charge in [0.25, 0.3) is 0 Å². The lowest BCUT2D eigenvalue weighted by Crippen LogP contribution is -2.50. The van der Waals surface area contributed by atoms with Gasteiger partial charge >= 0.3 is 5.97 Å². The van der Waals surface area contributed by atoms with E-state index in [1.807, 2.05) is 0 Å². The second kappa shape index (κ2) is 16.5. The summed E-state index contributed by atoms with van der Waals surface area (Å²) in [5.41, 5.74) is 0. The van der Waals surface area contributed by atoms with Crippen molar-refractivity contribution in [1.29, 1.82) is 0 Å². The number of unbranched alkanes of at least 4 members (excludes halogenated alkanes) is 1. The number of nitrogens with one attached hydrogen (secondary N) is 2. The summed E-state index contributed by atoms with van der Waals surface area (Å²) >= 11 is 0. The van der Waals surface area contributed by atoms with Gasteiger partial charge in [-0.1, -0.05) is 13.3 Å². The highest BCUT2D eigenvalue weighted by molar-refractivity contribution is 5.89. The molecule has 0 spiro atoms. The summed E-state index contributed by atoms with van der Waals surface area (Å²) in [6, 6.07) is -0.436. The number of nitrogens with two attached hydrogens (primary N) is 1. The smallest absolute Gasteiger partial charge is 0.307 e. The summed E-state index contributed by atoms with van der Waals surface area (Å²) in [4.78, 5) is 41.7. The van der Waals surface area contributed by atoms with Crippen LogP contribution >= 0.6 is 12.4 Å². The number of ether oxygens (including phenoxy) is 1. The Labute approximate surface area is 209 Å². The summed E-state index contributed by atoms with van der Waals surface area (Å²) in [5, 5.41) is 9.89. The first-order valence-electron chi connectivity index (χ1n) is 12.4. The van der Waals surface area contributed by atoms with Gasteiger partial charge in [0, 0.05) is 32.2 Å². The molecule has 2 aliphatic rings. The maximum atomic E-state index is 13.3. The van der Waals surface area contributed by atoms with Crippen LogP contribution in [0, 0.1) is 5.92 Å². The Morgan fingerprint density at radius 2 is 2.03 bits per heavy atom. The molecule has 0 unspecified atom stereocenters. The number of rotatable bonds is 15. The van der Waals surface area contributed by atoms with Crippen LogP contribution in [0.1, 0.15) is 65.2 Å². The standard InChI is InChI=1S/C23H42N6O4.ClH/c1-3-5-11-25-20(23(32)29(19-8-9-19)13-10-22(31)33-4-2)14-21(30)26-15-18-7-6-12-28(16-18)17-27-24;/h17-20,25H,3-16,24H2,1-2H3,(H,26,30);1H/t18-,20-;/m0./s1. The molecular formula is C23H43ClN6O4. The van der Waals surface area contributed by atoms with E-state index in [-0.39, 0.29) is 49.1 Å². The predicted octanol–water partition coefficient (Wildman–Crippen LogP) is 1.23. The predicted molar refractivity (Wildman–Crippen MR) is 135 cm³/mol. The van der Waals surface area contributed by atoms with Crippen molar-refractivity contribution in [2.75, 3.05) is 39.3 Å². The largest absolute Gasteiger partial charge is 0.466 e. The monoisotopic (exact) mass is 502 g/mol. The molecule has 0 aromatic carbocycles. The maximum Gasteiger partial charge on any atom is 0.307 e. The molecule has 1 saturated heterocycles. The van der Waals surface area contributed by atoms with E-state index in [0.29, 0.717) is 32.2 Å². The fourth-order valence-electron chi connectivity index (χ4n) is 4.18. The molecule has 0 aromatic rings. The van der Waals surface area contributed by atoms with Gasteiger partial charge in [0.1, 0.15) is 6.34 Å². The summed E-state index contributed by atoms with van der Waals surface area (Å²) in [6.45, 7) is 7.49. The second-order valence-corrected chi connectivity index (χ2v) is 8.95. The van der Waals surface area contributed by atoms with Crippen LogP contribution < -0.4 is 16.5 Å². The van der Waals surface area contributed by atoms with E-state index in [2.05, 4.69) is 27.6 Å². The molecule has 2 rings (SSSR count). The van der Waals surface area contributed by atoms with Crippen molar-refractivity contribution < 1.29 is 19.1 Å². The van der Waals surface area contributed by atoms with Crippen molar-refractivity contribution in [3.8, 4) is 0 Å². The lowest BCUT2D eigenvalue weighted by molar-refractivity contribution is -0.144. The summed E-state index contributed by atoms with van der Waals surface area (Å²) < 4.78 is 5.01. The minimum Gasteiger partial charge on any atom is -0.466 e. The molecule has 196 valence electrons. The molecule has 10 nitrogen and oxygen atoms in total. The molecule has 4 N–H and O–H groups in total. The van der Waals surface area contributed by atoms with Gasteiger partial charge in [-0.3, -0.25) is 14.4 Å². The van der Waals surface area contributed by atoms with E-state index < -0.39 is 6.04 Å². The molecule has 1 heterocycles.